The third-order valence-corrected chi connectivity index (χ3v) is 2.43. The van der Waals surface area contributed by atoms with Crippen LogP contribution < -0.4 is 10.1 Å². The van der Waals surface area contributed by atoms with Gasteiger partial charge in [0.15, 0.2) is 0 Å². The van der Waals surface area contributed by atoms with Crippen molar-refractivity contribution in [3.8, 4) is 5.75 Å². The molecule has 0 aliphatic heterocycles. The number of nitrogens with one attached hydrogen (secondary N) is 1. The highest BCUT2D eigenvalue weighted by Crippen LogP contribution is 2.24. The molecule has 1 N–H and O–H groups in total. The van der Waals surface area contributed by atoms with Gasteiger partial charge in [0.25, 0.3) is 0 Å². The van der Waals surface area contributed by atoms with E-state index in [0.29, 0.717) is 6.07 Å². The summed E-state index contributed by atoms with van der Waals surface area (Å²) in [6.45, 7) is 0. The molecule has 0 atom stereocenters. The maximum Gasteiger partial charge on any atom is 0.482 e. The number of carbonyl (C=O) groups excluding carboxylic acids is 1. The minimum absolute atomic E-state index is 0.225. The lowest BCUT2D eigenvalue weighted by Gasteiger charge is -2.17. The molecule has 21 heavy (non-hydrogen) atoms. The van der Waals surface area contributed by atoms with Gasteiger partial charge >= 0.3 is 12.0 Å². The summed E-state index contributed by atoms with van der Waals surface area (Å²) < 4.78 is 57.4. The highest BCUT2D eigenvalue weighted by atomic mass is 19.3. The Balaban J connectivity index is 2.11. The maximum absolute atomic E-state index is 13.6. The number of anilines is 1. The van der Waals surface area contributed by atoms with Gasteiger partial charge in [-0.15, -0.1) is 0 Å². The first-order chi connectivity index (χ1) is 9.88. The minimum atomic E-state index is -4.21. The van der Waals surface area contributed by atoms with Gasteiger partial charge < -0.3 is 10.1 Å². The summed E-state index contributed by atoms with van der Waals surface area (Å²) in [5.41, 5.74) is -0.572. The number of alkyl halides is 2. The van der Waals surface area contributed by atoms with Crippen LogP contribution in [0.4, 0.5) is 23.2 Å². The van der Waals surface area contributed by atoms with Crippen molar-refractivity contribution in [1.29, 1.82) is 0 Å². The normalized spacial score (nSPS) is 11.0. The lowest BCUT2D eigenvalue weighted by Crippen LogP contribution is -2.40. The number of halogens is 4. The predicted octanol–water partition coefficient (Wildman–Crippen LogP) is 3.58. The first-order valence-corrected chi connectivity index (χ1v) is 5.77. The SMILES string of the molecule is O=C(Nc1ccc(F)cc1F)C(F)(F)Oc1ccccc1. The quantitative estimate of drug-likeness (QED) is 0.876. The molecular formula is C14H9F4NO2. The molecule has 3 nitrogen and oxygen atoms in total. The fraction of sp³-hybridized carbons (Fsp3) is 0.0714. The molecule has 0 aliphatic carbocycles. The second-order valence-corrected chi connectivity index (χ2v) is 4.01. The van der Waals surface area contributed by atoms with Crippen molar-refractivity contribution in [2.45, 2.75) is 6.11 Å². The molecule has 0 spiro atoms. The lowest BCUT2D eigenvalue weighted by molar-refractivity contribution is -0.187. The van der Waals surface area contributed by atoms with Gasteiger partial charge in [-0.3, -0.25) is 4.79 Å². The standard InChI is InChI=1S/C14H9F4NO2/c15-9-6-7-12(11(16)8-9)19-13(20)14(17,18)21-10-4-2-1-3-5-10/h1-8H,(H,19,20). The van der Waals surface area contributed by atoms with Gasteiger partial charge in [-0.1, -0.05) is 18.2 Å². The number of hydrogen-bond donors (Lipinski definition) is 1. The molecule has 0 aliphatic rings. The van der Waals surface area contributed by atoms with Crippen molar-refractivity contribution in [2.24, 2.45) is 0 Å². The van der Waals surface area contributed by atoms with E-state index in [9.17, 15) is 22.4 Å². The minimum Gasteiger partial charge on any atom is -0.425 e. The van der Waals surface area contributed by atoms with E-state index in [0.717, 1.165) is 12.1 Å². The molecule has 0 bridgehead atoms. The van der Waals surface area contributed by atoms with Crippen LogP contribution >= 0.6 is 0 Å². The second kappa shape index (κ2) is 5.82. The summed E-state index contributed by atoms with van der Waals surface area (Å²) in [6, 6.07) is 9.08. The van der Waals surface area contributed by atoms with Crippen LogP contribution in [-0.2, 0) is 4.79 Å². The fourth-order valence-electron chi connectivity index (χ4n) is 1.47. The summed E-state index contributed by atoms with van der Waals surface area (Å²) in [5.74, 6) is -4.15. The average Bonchev–Trinajstić information content (AvgIpc) is 2.42. The first-order valence-electron chi connectivity index (χ1n) is 5.77. The predicted molar refractivity (Wildman–Crippen MR) is 67.0 cm³/mol. The molecule has 0 saturated carbocycles. The molecule has 0 radical (unpaired) electrons. The van der Waals surface area contributed by atoms with E-state index in [4.69, 9.17) is 0 Å². The molecule has 0 heterocycles. The molecule has 110 valence electrons. The summed E-state index contributed by atoms with van der Waals surface area (Å²) >= 11 is 0. The van der Waals surface area contributed by atoms with E-state index in [1.807, 2.05) is 0 Å². The van der Waals surface area contributed by atoms with Crippen molar-refractivity contribution in [2.75, 3.05) is 5.32 Å². The topological polar surface area (TPSA) is 38.3 Å². The fourth-order valence-corrected chi connectivity index (χ4v) is 1.47. The van der Waals surface area contributed by atoms with Gasteiger partial charge in [0.2, 0.25) is 0 Å². The Bertz CT molecular complexity index is 647. The van der Waals surface area contributed by atoms with Gasteiger partial charge in [0.05, 0.1) is 5.69 Å². The van der Waals surface area contributed by atoms with Crippen molar-refractivity contribution in [3.05, 3.63) is 60.2 Å². The highest BCUT2D eigenvalue weighted by molar-refractivity contribution is 5.95. The van der Waals surface area contributed by atoms with Crippen molar-refractivity contribution in [3.63, 3.8) is 0 Å². The highest BCUT2D eigenvalue weighted by Gasteiger charge is 2.42. The van der Waals surface area contributed by atoms with Gasteiger partial charge in [-0.25, -0.2) is 8.78 Å². The molecule has 2 aromatic rings. The Morgan fingerprint density at radius 2 is 1.71 bits per heavy atom. The maximum atomic E-state index is 13.6. The van der Waals surface area contributed by atoms with Crippen LogP contribution in [-0.4, -0.2) is 12.0 Å². The molecule has 0 aromatic heterocycles. The zero-order valence-corrected chi connectivity index (χ0v) is 10.4. The van der Waals surface area contributed by atoms with Crippen LogP contribution in [0.1, 0.15) is 0 Å². The van der Waals surface area contributed by atoms with Crippen LogP contribution in [0.3, 0.4) is 0 Å². The monoisotopic (exact) mass is 299 g/mol. The Labute approximate surface area is 117 Å². The molecule has 0 unspecified atom stereocenters. The summed E-state index contributed by atoms with van der Waals surface area (Å²) in [6.07, 6.45) is -4.21. The molecule has 1 amide bonds. The first kappa shape index (κ1) is 14.8. The number of amides is 1. The van der Waals surface area contributed by atoms with Crippen molar-refractivity contribution in [1.82, 2.24) is 0 Å². The number of benzene rings is 2. The van der Waals surface area contributed by atoms with Crippen LogP contribution in [0.5, 0.6) is 5.75 Å². The van der Waals surface area contributed by atoms with E-state index in [-0.39, 0.29) is 5.75 Å². The molecular weight excluding hydrogens is 290 g/mol. The van der Waals surface area contributed by atoms with Gasteiger partial charge in [-0.05, 0) is 24.3 Å². The Hall–Kier alpha value is -2.57. The average molecular weight is 299 g/mol. The summed E-state index contributed by atoms with van der Waals surface area (Å²) in [5, 5.41) is 1.64. The molecule has 2 aromatic carbocycles. The molecule has 0 saturated heterocycles. The second-order valence-electron chi connectivity index (χ2n) is 4.01. The van der Waals surface area contributed by atoms with E-state index >= 15 is 0 Å². The van der Waals surface area contributed by atoms with E-state index in [2.05, 4.69) is 4.74 Å². The van der Waals surface area contributed by atoms with Crippen molar-refractivity contribution >= 4 is 11.6 Å². The zero-order valence-electron chi connectivity index (χ0n) is 10.4. The van der Waals surface area contributed by atoms with E-state index in [1.165, 1.54) is 24.3 Å². The Morgan fingerprint density at radius 1 is 1.05 bits per heavy atom. The van der Waals surface area contributed by atoms with Gasteiger partial charge in [0.1, 0.15) is 17.4 Å². The third-order valence-electron chi connectivity index (χ3n) is 2.43. The lowest BCUT2D eigenvalue weighted by atomic mass is 10.3. The van der Waals surface area contributed by atoms with Gasteiger partial charge in [0, 0.05) is 6.07 Å². The molecule has 0 fully saturated rings. The van der Waals surface area contributed by atoms with E-state index in [1.54, 1.807) is 11.4 Å². The van der Waals surface area contributed by atoms with Crippen molar-refractivity contribution < 1.29 is 27.1 Å². The van der Waals surface area contributed by atoms with Crippen LogP contribution in [0.2, 0.25) is 0 Å². The zero-order chi connectivity index (χ0) is 15.5. The largest absolute Gasteiger partial charge is 0.482 e. The number of rotatable bonds is 4. The molecule has 2 rings (SSSR count). The Kier molecular flexibility index (Phi) is 4.11. The number of carbonyl (C=O) groups is 1. The van der Waals surface area contributed by atoms with Gasteiger partial charge in [-0.2, -0.15) is 8.78 Å². The number of para-hydroxylation sites is 1. The summed E-state index contributed by atoms with van der Waals surface area (Å²) in [4.78, 5) is 11.4. The number of hydrogen-bond acceptors (Lipinski definition) is 2. The van der Waals surface area contributed by atoms with Crippen LogP contribution in [0.25, 0.3) is 0 Å². The van der Waals surface area contributed by atoms with Crippen LogP contribution in [0, 0.1) is 11.6 Å². The Morgan fingerprint density at radius 3 is 2.33 bits per heavy atom. The van der Waals surface area contributed by atoms with E-state index < -0.39 is 29.3 Å². The third kappa shape index (κ3) is 3.71. The smallest absolute Gasteiger partial charge is 0.425 e. The number of ether oxygens (including phenoxy) is 1. The summed E-state index contributed by atoms with van der Waals surface area (Å²) in [7, 11) is 0. The van der Waals surface area contributed by atoms with Crippen LogP contribution in [0.15, 0.2) is 48.5 Å². The molecule has 7 heteroatoms.